The first-order chi connectivity index (χ1) is 8.13. The van der Waals surface area contributed by atoms with Crippen molar-refractivity contribution in [2.24, 2.45) is 0 Å². The topological polar surface area (TPSA) is 78.4 Å². The summed E-state index contributed by atoms with van der Waals surface area (Å²) in [6, 6.07) is 6.02. The van der Waals surface area contributed by atoms with E-state index >= 15 is 0 Å². The highest BCUT2D eigenvalue weighted by molar-refractivity contribution is 6.27. The molecule has 0 radical (unpaired) electrons. The average molecular weight is 257 g/mol. The molecule has 5 nitrogen and oxygen atoms in total. The molecule has 0 aliphatic rings. The zero-order valence-corrected chi connectivity index (χ0v) is 9.83. The highest BCUT2D eigenvalue weighted by Crippen LogP contribution is 2.10. The van der Waals surface area contributed by atoms with Crippen molar-refractivity contribution in [2.75, 3.05) is 19.0 Å². The number of carbonyl (C=O) groups is 2. The number of alkyl halides is 1. The number of amides is 2. The van der Waals surface area contributed by atoms with Crippen LogP contribution in [-0.2, 0) is 4.79 Å². The minimum Gasteiger partial charge on any atom is -0.508 e. The summed E-state index contributed by atoms with van der Waals surface area (Å²) in [6.07, 6.45) is 0. The molecule has 17 heavy (non-hydrogen) atoms. The maximum Gasteiger partial charge on any atom is 0.251 e. The molecule has 0 saturated carbocycles. The van der Waals surface area contributed by atoms with Gasteiger partial charge in [0.2, 0.25) is 5.91 Å². The molecule has 92 valence electrons. The van der Waals surface area contributed by atoms with Gasteiger partial charge in [0.1, 0.15) is 11.6 Å². The quantitative estimate of drug-likeness (QED) is 0.530. The first-order valence-electron chi connectivity index (χ1n) is 5.03. The molecule has 0 atom stereocenters. The largest absolute Gasteiger partial charge is 0.508 e. The molecule has 0 unspecified atom stereocenters. The van der Waals surface area contributed by atoms with Crippen molar-refractivity contribution in [1.29, 1.82) is 0 Å². The van der Waals surface area contributed by atoms with Crippen LogP contribution in [0.2, 0.25) is 0 Å². The predicted octanol–water partition coefficient (Wildman–Crippen LogP) is 0.477. The third-order valence-electron chi connectivity index (χ3n) is 1.96. The maximum atomic E-state index is 11.6. The van der Waals surface area contributed by atoms with Crippen LogP contribution in [0.3, 0.4) is 0 Å². The van der Waals surface area contributed by atoms with E-state index < -0.39 is 0 Å². The average Bonchev–Trinajstić information content (AvgIpc) is 2.34. The molecule has 1 aromatic rings. The fourth-order valence-electron chi connectivity index (χ4n) is 1.17. The summed E-state index contributed by atoms with van der Waals surface area (Å²) in [5, 5.41) is 14.3. The Hall–Kier alpha value is -1.75. The summed E-state index contributed by atoms with van der Waals surface area (Å²) in [5.41, 5.74) is 0.369. The Morgan fingerprint density at radius 1 is 1.24 bits per heavy atom. The number of hydrogen-bond donors (Lipinski definition) is 3. The fourth-order valence-corrected chi connectivity index (χ4v) is 1.27. The first-order valence-corrected chi connectivity index (χ1v) is 5.57. The van der Waals surface area contributed by atoms with Crippen molar-refractivity contribution < 1.29 is 14.7 Å². The van der Waals surface area contributed by atoms with Gasteiger partial charge in [0, 0.05) is 18.7 Å². The van der Waals surface area contributed by atoms with Crippen LogP contribution < -0.4 is 10.6 Å². The maximum absolute atomic E-state index is 11.6. The fraction of sp³-hybridized carbons (Fsp3) is 0.273. The molecule has 1 rings (SSSR count). The molecule has 0 aliphatic heterocycles. The van der Waals surface area contributed by atoms with E-state index in [0.717, 1.165) is 0 Å². The summed E-state index contributed by atoms with van der Waals surface area (Å²) in [7, 11) is 0. The standard InChI is InChI=1S/C11H13ClN2O3/c12-7-10(16)13-4-5-14-11(17)8-2-1-3-9(15)6-8/h1-3,6,15H,4-5,7H2,(H,13,16)(H,14,17). The lowest BCUT2D eigenvalue weighted by atomic mass is 10.2. The number of benzene rings is 1. The molecule has 0 aromatic heterocycles. The van der Waals surface area contributed by atoms with Crippen molar-refractivity contribution in [3.05, 3.63) is 29.8 Å². The van der Waals surface area contributed by atoms with Crippen LogP contribution in [0.5, 0.6) is 5.75 Å². The second kappa shape index (κ2) is 6.75. The van der Waals surface area contributed by atoms with E-state index in [1.165, 1.54) is 12.1 Å². The van der Waals surface area contributed by atoms with Gasteiger partial charge >= 0.3 is 0 Å². The number of carbonyl (C=O) groups excluding carboxylic acids is 2. The Kier molecular flexibility index (Phi) is 5.29. The number of nitrogens with one attached hydrogen (secondary N) is 2. The zero-order chi connectivity index (χ0) is 12.7. The van der Waals surface area contributed by atoms with E-state index in [4.69, 9.17) is 11.6 Å². The molecule has 0 fully saturated rings. The van der Waals surface area contributed by atoms with Crippen LogP contribution in [0.4, 0.5) is 0 Å². The third kappa shape index (κ3) is 4.74. The third-order valence-corrected chi connectivity index (χ3v) is 2.21. The van der Waals surface area contributed by atoms with Gasteiger partial charge < -0.3 is 15.7 Å². The molecular formula is C11H13ClN2O3. The normalized spacial score (nSPS) is 9.71. The Morgan fingerprint density at radius 3 is 2.59 bits per heavy atom. The van der Waals surface area contributed by atoms with Crippen molar-refractivity contribution in [3.8, 4) is 5.75 Å². The molecule has 0 bridgehead atoms. The Labute approximate surface area is 104 Å². The lowest BCUT2D eigenvalue weighted by molar-refractivity contribution is -0.118. The van der Waals surface area contributed by atoms with Crippen LogP contribution in [0, 0.1) is 0 Å². The molecule has 1 aromatic carbocycles. The number of aromatic hydroxyl groups is 1. The minimum atomic E-state index is -0.305. The first kappa shape index (κ1) is 13.3. The van der Waals surface area contributed by atoms with Crippen LogP contribution in [0.1, 0.15) is 10.4 Å². The van der Waals surface area contributed by atoms with Gasteiger partial charge in [0.15, 0.2) is 0 Å². The molecular weight excluding hydrogens is 244 g/mol. The van der Waals surface area contributed by atoms with E-state index in [1.54, 1.807) is 12.1 Å². The Balaban J connectivity index is 2.33. The molecule has 6 heteroatoms. The van der Waals surface area contributed by atoms with Gasteiger partial charge in [-0.1, -0.05) is 6.07 Å². The number of phenolic OH excluding ortho intramolecular Hbond substituents is 1. The monoisotopic (exact) mass is 256 g/mol. The van der Waals surface area contributed by atoms with Crippen LogP contribution in [0.25, 0.3) is 0 Å². The van der Waals surface area contributed by atoms with Gasteiger partial charge in [0.05, 0.1) is 0 Å². The SMILES string of the molecule is O=C(CCl)NCCNC(=O)c1cccc(O)c1. The molecule has 0 spiro atoms. The summed E-state index contributed by atoms with van der Waals surface area (Å²) in [4.78, 5) is 22.3. The van der Waals surface area contributed by atoms with E-state index in [-0.39, 0.29) is 23.4 Å². The van der Waals surface area contributed by atoms with E-state index in [0.29, 0.717) is 18.7 Å². The van der Waals surface area contributed by atoms with Gasteiger partial charge in [-0.15, -0.1) is 11.6 Å². The molecule has 3 N–H and O–H groups in total. The Bertz CT molecular complexity index is 409. The van der Waals surface area contributed by atoms with Gasteiger partial charge in [-0.3, -0.25) is 9.59 Å². The number of halogens is 1. The zero-order valence-electron chi connectivity index (χ0n) is 9.07. The minimum absolute atomic E-state index is 0.0353. The van der Waals surface area contributed by atoms with E-state index in [1.807, 2.05) is 0 Å². The predicted molar refractivity (Wildman–Crippen MR) is 64.2 cm³/mol. The lowest BCUT2D eigenvalue weighted by Gasteiger charge is -2.06. The van der Waals surface area contributed by atoms with Gasteiger partial charge in [-0.25, -0.2) is 0 Å². The number of phenols is 1. The summed E-state index contributed by atoms with van der Waals surface area (Å²) >= 11 is 5.28. The molecule has 0 aliphatic carbocycles. The van der Waals surface area contributed by atoms with Crippen molar-refractivity contribution in [2.45, 2.75) is 0 Å². The second-order valence-corrected chi connectivity index (χ2v) is 3.56. The van der Waals surface area contributed by atoms with Gasteiger partial charge in [-0.05, 0) is 18.2 Å². The van der Waals surface area contributed by atoms with Crippen LogP contribution >= 0.6 is 11.6 Å². The van der Waals surface area contributed by atoms with Crippen LogP contribution in [0.15, 0.2) is 24.3 Å². The van der Waals surface area contributed by atoms with Crippen LogP contribution in [-0.4, -0.2) is 35.9 Å². The van der Waals surface area contributed by atoms with Gasteiger partial charge in [0.25, 0.3) is 5.91 Å². The molecule has 0 saturated heterocycles. The summed E-state index contributed by atoms with van der Waals surface area (Å²) in [5.74, 6) is -0.645. The summed E-state index contributed by atoms with van der Waals surface area (Å²) < 4.78 is 0. The second-order valence-electron chi connectivity index (χ2n) is 3.29. The van der Waals surface area contributed by atoms with Crippen molar-refractivity contribution in [1.82, 2.24) is 10.6 Å². The molecule has 2 amide bonds. The lowest BCUT2D eigenvalue weighted by Crippen LogP contribution is -2.35. The van der Waals surface area contributed by atoms with Crippen molar-refractivity contribution in [3.63, 3.8) is 0 Å². The van der Waals surface area contributed by atoms with E-state index in [2.05, 4.69) is 10.6 Å². The summed E-state index contributed by atoms with van der Waals surface area (Å²) in [6.45, 7) is 0.618. The van der Waals surface area contributed by atoms with Gasteiger partial charge in [-0.2, -0.15) is 0 Å². The Morgan fingerprint density at radius 2 is 1.94 bits per heavy atom. The number of hydrogen-bond acceptors (Lipinski definition) is 3. The number of rotatable bonds is 5. The highest BCUT2D eigenvalue weighted by atomic mass is 35.5. The van der Waals surface area contributed by atoms with Crippen molar-refractivity contribution >= 4 is 23.4 Å². The highest BCUT2D eigenvalue weighted by Gasteiger charge is 2.05. The van der Waals surface area contributed by atoms with E-state index in [9.17, 15) is 14.7 Å². The molecule has 0 heterocycles. The smallest absolute Gasteiger partial charge is 0.251 e.